The molecule has 0 spiro atoms. The van der Waals surface area contributed by atoms with Crippen molar-refractivity contribution < 1.29 is 0 Å². The third-order valence-electron chi connectivity index (χ3n) is 7.89. The molecule has 0 unspecified atom stereocenters. The number of pyridine rings is 2. The molecule has 9 rings (SSSR count). The Labute approximate surface area is 225 Å². The molecule has 0 aliphatic rings. The summed E-state index contributed by atoms with van der Waals surface area (Å²) in [6, 6.07) is 39.2. The van der Waals surface area contributed by atoms with E-state index in [0.717, 1.165) is 49.6 Å². The van der Waals surface area contributed by atoms with Crippen molar-refractivity contribution in [2.45, 2.75) is 0 Å². The number of nitrogens with zero attached hydrogens (tertiary/aromatic N) is 3. The molecule has 0 atom stereocenters. The number of imidazole rings is 1. The minimum atomic E-state index is -0.0359. The van der Waals surface area contributed by atoms with Gasteiger partial charge in [-0.3, -0.25) is 13.8 Å². The van der Waals surface area contributed by atoms with Crippen LogP contribution in [0.25, 0.3) is 75.1 Å². The molecular formula is C34H19N3OS. The van der Waals surface area contributed by atoms with Crippen molar-refractivity contribution in [1.82, 2.24) is 14.0 Å². The molecule has 39 heavy (non-hydrogen) atoms. The summed E-state index contributed by atoms with van der Waals surface area (Å²) in [5.41, 5.74) is 4.38. The number of fused-ring (bicyclic) bond motifs is 14. The standard InChI is InChI=1S/C34H19N3OS/c38-34-24-14-5-4-13-22(24)30-29-25(19-18-23-21-12-6-9-17-28(21)39-31(23)29)32-35-26-15-7-8-16-27(26)37(32)33(30)36(34)20-10-2-1-3-11-20/h1-19H. The quantitative estimate of drug-likeness (QED) is 0.205. The van der Waals surface area contributed by atoms with Crippen LogP contribution < -0.4 is 5.56 Å². The lowest BCUT2D eigenvalue weighted by Gasteiger charge is -2.18. The molecule has 0 bridgehead atoms. The fourth-order valence-electron chi connectivity index (χ4n) is 6.26. The summed E-state index contributed by atoms with van der Waals surface area (Å²) in [5.74, 6) is 0. The summed E-state index contributed by atoms with van der Waals surface area (Å²) in [6.07, 6.45) is 0. The first kappa shape index (κ1) is 21.0. The lowest BCUT2D eigenvalue weighted by atomic mass is 10.00. The fraction of sp³-hybridized carbons (Fsp3) is 0. The first-order valence-electron chi connectivity index (χ1n) is 13.0. The van der Waals surface area contributed by atoms with Gasteiger partial charge in [-0.25, -0.2) is 4.98 Å². The molecule has 4 nitrogen and oxygen atoms in total. The molecule has 9 aromatic rings. The van der Waals surface area contributed by atoms with Gasteiger partial charge in [0.05, 0.1) is 16.7 Å². The number of benzene rings is 5. The first-order valence-corrected chi connectivity index (χ1v) is 13.8. The van der Waals surface area contributed by atoms with Crippen LogP contribution in [0.3, 0.4) is 0 Å². The lowest BCUT2D eigenvalue weighted by Crippen LogP contribution is -2.21. The van der Waals surface area contributed by atoms with E-state index in [1.807, 2.05) is 82.6 Å². The fourth-order valence-corrected chi connectivity index (χ4v) is 7.51. The third-order valence-corrected chi connectivity index (χ3v) is 9.09. The van der Waals surface area contributed by atoms with Gasteiger partial charge in [-0.15, -0.1) is 11.3 Å². The van der Waals surface area contributed by atoms with Crippen LogP contribution in [0.15, 0.2) is 120 Å². The second kappa shape index (κ2) is 7.53. The van der Waals surface area contributed by atoms with Crippen LogP contribution in [0, 0.1) is 0 Å². The Morgan fingerprint density at radius 3 is 2.15 bits per heavy atom. The predicted molar refractivity (Wildman–Crippen MR) is 164 cm³/mol. The summed E-state index contributed by atoms with van der Waals surface area (Å²) in [6.45, 7) is 0. The van der Waals surface area contributed by atoms with Gasteiger partial charge in [0.15, 0.2) is 0 Å². The van der Waals surface area contributed by atoms with E-state index in [0.29, 0.717) is 5.39 Å². The van der Waals surface area contributed by atoms with Gasteiger partial charge in [-0.05, 0) is 47.9 Å². The van der Waals surface area contributed by atoms with E-state index in [9.17, 15) is 4.79 Å². The Kier molecular flexibility index (Phi) is 4.05. The van der Waals surface area contributed by atoms with Crippen molar-refractivity contribution in [3.05, 3.63) is 126 Å². The van der Waals surface area contributed by atoms with Gasteiger partial charge < -0.3 is 0 Å². The maximum absolute atomic E-state index is 14.3. The molecule has 5 aromatic carbocycles. The smallest absolute Gasteiger partial charge is 0.264 e. The predicted octanol–water partition coefficient (Wildman–Crippen LogP) is 8.47. The van der Waals surface area contributed by atoms with E-state index in [4.69, 9.17) is 4.98 Å². The number of para-hydroxylation sites is 3. The largest absolute Gasteiger partial charge is 0.277 e. The summed E-state index contributed by atoms with van der Waals surface area (Å²) < 4.78 is 6.54. The molecule has 4 heterocycles. The molecule has 182 valence electrons. The first-order chi connectivity index (χ1) is 19.3. The Balaban J connectivity index is 1.72. The van der Waals surface area contributed by atoms with Gasteiger partial charge in [0, 0.05) is 41.7 Å². The molecule has 0 fully saturated rings. The Morgan fingerprint density at radius 1 is 0.590 bits per heavy atom. The van der Waals surface area contributed by atoms with Crippen LogP contribution in [0.1, 0.15) is 0 Å². The number of hydrogen-bond acceptors (Lipinski definition) is 3. The molecule has 5 heteroatoms. The topological polar surface area (TPSA) is 39.3 Å². The van der Waals surface area contributed by atoms with Crippen LogP contribution >= 0.6 is 11.3 Å². The number of aromatic nitrogens is 3. The van der Waals surface area contributed by atoms with Gasteiger partial charge in [0.1, 0.15) is 11.3 Å². The maximum Gasteiger partial charge on any atom is 0.264 e. The Hall–Kier alpha value is -5.00. The average Bonchev–Trinajstić information content (AvgIpc) is 3.57. The van der Waals surface area contributed by atoms with Gasteiger partial charge in [-0.1, -0.05) is 72.8 Å². The minimum absolute atomic E-state index is 0.0359. The lowest BCUT2D eigenvalue weighted by molar-refractivity contribution is 1.02. The Bertz CT molecular complexity index is 2520. The summed E-state index contributed by atoms with van der Waals surface area (Å²) in [4.78, 5) is 19.5. The summed E-state index contributed by atoms with van der Waals surface area (Å²) in [5, 5.41) is 7.44. The third kappa shape index (κ3) is 2.67. The number of rotatable bonds is 1. The van der Waals surface area contributed by atoms with Crippen LogP contribution in [-0.4, -0.2) is 14.0 Å². The molecular weight excluding hydrogens is 498 g/mol. The second-order valence-corrected chi connectivity index (χ2v) is 11.0. The number of thiophene rings is 1. The van der Waals surface area contributed by atoms with Crippen LogP contribution in [0.4, 0.5) is 0 Å². The van der Waals surface area contributed by atoms with Gasteiger partial charge in [-0.2, -0.15) is 0 Å². The van der Waals surface area contributed by atoms with Gasteiger partial charge >= 0.3 is 0 Å². The van der Waals surface area contributed by atoms with E-state index in [1.54, 1.807) is 0 Å². The monoisotopic (exact) mass is 517 g/mol. The molecule has 0 aliphatic heterocycles. The summed E-state index contributed by atoms with van der Waals surface area (Å²) >= 11 is 1.81. The van der Waals surface area contributed by atoms with Crippen molar-refractivity contribution in [2.24, 2.45) is 0 Å². The zero-order valence-corrected chi connectivity index (χ0v) is 21.4. The van der Waals surface area contributed by atoms with E-state index >= 15 is 0 Å². The zero-order chi connectivity index (χ0) is 25.7. The highest BCUT2D eigenvalue weighted by Crippen LogP contribution is 2.44. The van der Waals surface area contributed by atoms with Gasteiger partial charge in [0.25, 0.3) is 5.56 Å². The van der Waals surface area contributed by atoms with Crippen LogP contribution in [0.2, 0.25) is 0 Å². The van der Waals surface area contributed by atoms with Crippen molar-refractivity contribution in [1.29, 1.82) is 0 Å². The van der Waals surface area contributed by atoms with Crippen molar-refractivity contribution in [3.8, 4) is 5.69 Å². The molecule has 0 N–H and O–H groups in total. The average molecular weight is 518 g/mol. The van der Waals surface area contributed by atoms with Crippen LogP contribution in [0.5, 0.6) is 0 Å². The molecule has 0 radical (unpaired) electrons. The van der Waals surface area contributed by atoms with E-state index in [2.05, 4.69) is 52.9 Å². The second-order valence-electron chi connectivity index (χ2n) is 9.94. The number of hydrogen-bond donors (Lipinski definition) is 0. The minimum Gasteiger partial charge on any atom is -0.277 e. The normalized spacial score (nSPS) is 12.2. The van der Waals surface area contributed by atoms with Crippen LogP contribution in [-0.2, 0) is 0 Å². The molecule has 0 saturated carbocycles. The van der Waals surface area contributed by atoms with Crippen molar-refractivity contribution in [2.75, 3.05) is 0 Å². The highest BCUT2D eigenvalue weighted by molar-refractivity contribution is 7.26. The van der Waals surface area contributed by atoms with E-state index in [1.165, 1.54) is 20.2 Å². The summed E-state index contributed by atoms with van der Waals surface area (Å²) in [7, 11) is 0. The molecule has 0 aliphatic carbocycles. The van der Waals surface area contributed by atoms with E-state index < -0.39 is 0 Å². The van der Waals surface area contributed by atoms with Gasteiger partial charge in [0.2, 0.25) is 0 Å². The highest BCUT2D eigenvalue weighted by atomic mass is 32.1. The van der Waals surface area contributed by atoms with Crippen molar-refractivity contribution in [3.63, 3.8) is 0 Å². The Morgan fingerprint density at radius 2 is 1.28 bits per heavy atom. The molecule has 0 amide bonds. The maximum atomic E-state index is 14.3. The molecule has 4 aromatic heterocycles. The van der Waals surface area contributed by atoms with Crippen molar-refractivity contribution >= 4 is 80.8 Å². The SMILES string of the molecule is O=c1c2ccccc2c2c3c(ccc4c5ccccc5sc43)c3nc4ccccc4n3c2n1-c1ccccc1. The van der Waals surface area contributed by atoms with E-state index in [-0.39, 0.29) is 5.56 Å². The molecule has 0 saturated heterocycles. The zero-order valence-electron chi connectivity index (χ0n) is 20.6. The highest BCUT2D eigenvalue weighted by Gasteiger charge is 2.23.